The molecule has 4 nitrogen and oxygen atoms in total. The molecule has 1 aromatic rings. The SMILES string of the molecule is CC(N)C1CCCN(C(=O)c2ccc(C(F)(F)F)cn2)C1. The first-order chi connectivity index (χ1) is 9.79. The van der Waals surface area contributed by atoms with E-state index in [-0.39, 0.29) is 23.6 Å². The predicted octanol–water partition coefficient (Wildman–Crippen LogP) is 2.30. The second-order valence-electron chi connectivity index (χ2n) is 5.44. The van der Waals surface area contributed by atoms with Gasteiger partial charge in [-0.05, 0) is 37.8 Å². The van der Waals surface area contributed by atoms with Gasteiger partial charge in [-0.25, -0.2) is 0 Å². The highest BCUT2D eigenvalue weighted by molar-refractivity contribution is 5.92. The molecule has 21 heavy (non-hydrogen) atoms. The molecule has 116 valence electrons. The molecule has 2 heterocycles. The number of piperidine rings is 1. The maximum absolute atomic E-state index is 12.5. The molecule has 2 atom stereocenters. The monoisotopic (exact) mass is 301 g/mol. The van der Waals surface area contributed by atoms with Crippen molar-refractivity contribution in [2.75, 3.05) is 13.1 Å². The van der Waals surface area contributed by atoms with E-state index in [0.717, 1.165) is 25.0 Å². The smallest absolute Gasteiger partial charge is 0.337 e. The standard InChI is InChI=1S/C14H18F3N3O/c1-9(18)10-3-2-6-20(8-10)13(21)12-5-4-11(7-19-12)14(15,16)17/h4-5,7,9-10H,2-3,6,8,18H2,1H3. The summed E-state index contributed by atoms with van der Waals surface area (Å²) in [6.07, 6.45) is -1.94. The number of carbonyl (C=O) groups excluding carboxylic acids is 1. The number of hydrogen-bond donors (Lipinski definition) is 1. The van der Waals surface area contributed by atoms with E-state index in [1.54, 1.807) is 4.90 Å². The van der Waals surface area contributed by atoms with Gasteiger partial charge >= 0.3 is 6.18 Å². The highest BCUT2D eigenvalue weighted by Crippen LogP contribution is 2.28. The maximum atomic E-state index is 12.5. The third-order valence-corrected chi connectivity index (χ3v) is 3.80. The Hall–Kier alpha value is -1.63. The molecule has 1 aliphatic heterocycles. The Bertz CT molecular complexity index is 499. The molecule has 1 aliphatic rings. The number of rotatable bonds is 2. The summed E-state index contributed by atoms with van der Waals surface area (Å²) in [6.45, 7) is 3.01. The summed E-state index contributed by atoms with van der Waals surface area (Å²) in [5.74, 6) is -0.119. The van der Waals surface area contributed by atoms with Crippen molar-refractivity contribution in [3.8, 4) is 0 Å². The average molecular weight is 301 g/mol. The van der Waals surface area contributed by atoms with Crippen LogP contribution in [0, 0.1) is 5.92 Å². The van der Waals surface area contributed by atoms with Crippen molar-refractivity contribution in [2.45, 2.75) is 32.0 Å². The molecule has 2 N–H and O–H groups in total. The Labute approximate surface area is 121 Å². The average Bonchev–Trinajstić information content (AvgIpc) is 2.46. The zero-order valence-electron chi connectivity index (χ0n) is 11.7. The number of amides is 1. The van der Waals surface area contributed by atoms with E-state index in [9.17, 15) is 18.0 Å². The van der Waals surface area contributed by atoms with Gasteiger partial charge in [0.05, 0.1) is 5.56 Å². The van der Waals surface area contributed by atoms with Gasteiger partial charge in [-0.1, -0.05) is 0 Å². The molecule has 0 bridgehead atoms. The molecule has 0 radical (unpaired) electrons. The molecule has 1 amide bonds. The minimum absolute atomic E-state index is 0.0128. The van der Waals surface area contributed by atoms with Gasteiger partial charge in [0.1, 0.15) is 5.69 Å². The molecular weight excluding hydrogens is 283 g/mol. The molecule has 1 saturated heterocycles. The molecule has 0 aliphatic carbocycles. The minimum atomic E-state index is -4.44. The Balaban J connectivity index is 2.09. The number of nitrogens with zero attached hydrogens (tertiary/aromatic N) is 2. The molecule has 0 spiro atoms. The zero-order chi connectivity index (χ0) is 15.6. The summed E-state index contributed by atoms with van der Waals surface area (Å²) in [4.78, 5) is 17.5. The van der Waals surface area contributed by atoms with Gasteiger partial charge in [-0.3, -0.25) is 9.78 Å². The molecule has 7 heteroatoms. The summed E-state index contributed by atoms with van der Waals surface area (Å²) in [6, 6.07) is 1.99. The van der Waals surface area contributed by atoms with Crippen LogP contribution in [-0.4, -0.2) is 34.9 Å². The summed E-state index contributed by atoms with van der Waals surface area (Å²) >= 11 is 0. The van der Waals surface area contributed by atoms with Crippen LogP contribution in [0.1, 0.15) is 35.8 Å². The van der Waals surface area contributed by atoms with Gasteiger partial charge < -0.3 is 10.6 Å². The molecular formula is C14H18F3N3O. The second kappa shape index (κ2) is 6.01. The van der Waals surface area contributed by atoms with E-state index in [2.05, 4.69) is 4.98 Å². The number of halogens is 3. The molecule has 0 saturated carbocycles. The summed E-state index contributed by atoms with van der Waals surface area (Å²) in [5, 5.41) is 0. The number of pyridine rings is 1. The zero-order valence-corrected chi connectivity index (χ0v) is 11.7. The van der Waals surface area contributed by atoms with Crippen LogP contribution in [0.2, 0.25) is 0 Å². The first-order valence-electron chi connectivity index (χ1n) is 6.87. The van der Waals surface area contributed by atoms with E-state index in [0.29, 0.717) is 19.3 Å². The minimum Gasteiger partial charge on any atom is -0.337 e. The first kappa shape index (κ1) is 15.8. The fourth-order valence-corrected chi connectivity index (χ4v) is 2.47. The van der Waals surface area contributed by atoms with Crippen molar-refractivity contribution in [3.63, 3.8) is 0 Å². The van der Waals surface area contributed by atoms with Crippen LogP contribution in [0.4, 0.5) is 13.2 Å². The first-order valence-corrected chi connectivity index (χ1v) is 6.87. The fourth-order valence-electron chi connectivity index (χ4n) is 2.47. The number of hydrogen-bond acceptors (Lipinski definition) is 3. The number of aromatic nitrogens is 1. The van der Waals surface area contributed by atoms with Gasteiger partial charge in [-0.15, -0.1) is 0 Å². The predicted molar refractivity (Wildman–Crippen MR) is 71.5 cm³/mol. The Morgan fingerprint density at radius 2 is 2.19 bits per heavy atom. The van der Waals surface area contributed by atoms with Gasteiger partial charge in [-0.2, -0.15) is 13.2 Å². The fraction of sp³-hybridized carbons (Fsp3) is 0.571. The van der Waals surface area contributed by atoms with Crippen molar-refractivity contribution in [3.05, 3.63) is 29.6 Å². The van der Waals surface area contributed by atoms with Gasteiger partial charge in [0.15, 0.2) is 0 Å². The van der Waals surface area contributed by atoms with E-state index in [4.69, 9.17) is 5.73 Å². The molecule has 1 fully saturated rings. The Morgan fingerprint density at radius 3 is 2.71 bits per heavy atom. The third kappa shape index (κ3) is 3.72. The van der Waals surface area contributed by atoms with Crippen molar-refractivity contribution >= 4 is 5.91 Å². The lowest BCUT2D eigenvalue weighted by atomic mass is 9.92. The number of nitrogens with two attached hydrogens (primary N) is 1. The largest absolute Gasteiger partial charge is 0.417 e. The van der Waals surface area contributed by atoms with E-state index >= 15 is 0 Å². The van der Waals surface area contributed by atoms with Crippen LogP contribution in [0.15, 0.2) is 18.3 Å². The maximum Gasteiger partial charge on any atom is 0.417 e. The Morgan fingerprint density at radius 1 is 1.48 bits per heavy atom. The lowest BCUT2D eigenvalue weighted by molar-refractivity contribution is -0.137. The summed E-state index contributed by atoms with van der Waals surface area (Å²) < 4.78 is 37.4. The van der Waals surface area contributed by atoms with E-state index in [1.165, 1.54) is 0 Å². The van der Waals surface area contributed by atoms with Crippen LogP contribution in [-0.2, 0) is 6.18 Å². The molecule has 2 unspecified atom stereocenters. The lowest BCUT2D eigenvalue weighted by Crippen LogP contribution is -2.45. The van der Waals surface area contributed by atoms with Crippen molar-refractivity contribution in [2.24, 2.45) is 11.7 Å². The molecule has 2 rings (SSSR count). The summed E-state index contributed by atoms with van der Waals surface area (Å²) in [5.41, 5.74) is 5.04. The normalized spacial score (nSPS) is 21.2. The number of likely N-dealkylation sites (tertiary alicyclic amines) is 1. The van der Waals surface area contributed by atoms with Crippen molar-refractivity contribution in [1.82, 2.24) is 9.88 Å². The number of alkyl halides is 3. The van der Waals surface area contributed by atoms with E-state index < -0.39 is 11.7 Å². The molecule has 1 aromatic heterocycles. The number of carbonyl (C=O) groups is 1. The highest BCUT2D eigenvalue weighted by Gasteiger charge is 2.32. The summed E-state index contributed by atoms with van der Waals surface area (Å²) in [7, 11) is 0. The van der Waals surface area contributed by atoms with Crippen molar-refractivity contribution in [1.29, 1.82) is 0 Å². The van der Waals surface area contributed by atoms with Crippen molar-refractivity contribution < 1.29 is 18.0 Å². The third-order valence-electron chi connectivity index (χ3n) is 3.80. The van der Waals surface area contributed by atoms with E-state index in [1.807, 2.05) is 6.92 Å². The second-order valence-corrected chi connectivity index (χ2v) is 5.44. The van der Waals surface area contributed by atoms with Crippen LogP contribution in [0.3, 0.4) is 0 Å². The van der Waals surface area contributed by atoms with Gasteiger partial charge in [0, 0.05) is 25.3 Å². The van der Waals surface area contributed by atoms with Crippen LogP contribution in [0.25, 0.3) is 0 Å². The van der Waals surface area contributed by atoms with Crippen LogP contribution in [0.5, 0.6) is 0 Å². The topological polar surface area (TPSA) is 59.2 Å². The van der Waals surface area contributed by atoms with Crippen LogP contribution < -0.4 is 5.73 Å². The van der Waals surface area contributed by atoms with Gasteiger partial charge in [0.2, 0.25) is 0 Å². The van der Waals surface area contributed by atoms with Crippen LogP contribution >= 0.6 is 0 Å². The highest BCUT2D eigenvalue weighted by atomic mass is 19.4. The quantitative estimate of drug-likeness (QED) is 0.912. The van der Waals surface area contributed by atoms with Gasteiger partial charge in [0.25, 0.3) is 5.91 Å². The lowest BCUT2D eigenvalue weighted by Gasteiger charge is -2.34. The Kier molecular flexibility index (Phi) is 4.51. The molecule has 0 aromatic carbocycles.